The molecule has 0 unspecified atom stereocenters. The van der Waals surface area contributed by atoms with E-state index in [1.54, 1.807) is 0 Å². The molecule has 0 radical (unpaired) electrons. The zero-order valence-corrected chi connectivity index (χ0v) is 21.0. The van der Waals surface area contributed by atoms with Crippen LogP contribution in [0.4, 0.5) is 0 Å². The average molecular weight is 515 g/mol. The highest BCUT2D eigenvalue weighted by Crippen LogP contribution is 2.40. The third kappa shape index (κ3) is 2.65. The summed E-state index contributed by atoms with van der Waals surface area (Å²) in [5.74, 6) is 0. The molecule has 0 aliphatic rings. The third-order valence-corrected chi connectivity index (χ3v) is 8.27. The molecule has 0 spiro atoms. The van der Waals surface area contributed by atoms with Crippen molar-refractivity contribution in [2.75, 3.05) is 0 Å². The van der Waals surface area contributed by atoms with Gasteiger partial charge in [0.1, 0.15) is 44.7 Å². The fraction of sp³-hybridized carbons (Fsp3) is 0. The number of hydrogen-bond donors (Lipinski definition) is 0. The van der Waals surface area contributed by atoms with E-state index in [9.17, 15) is 0 Å². The van der Waals surface area contributed by atoms with Gasteiger partial charge in [0, 0.05) is 43.1 Å². The van der Waals surface area contributed by atoms with Crippen molar-refractivity contribution < 1.29 is 17.7 Å². The average Bonchev–Trinajstić information content (AvgIpc) is 3.73. The summed E-state index contributed by atoms with van der Waals surface area (Å²) in [6, 6.07) is 37.4. The highest BCUT2D eigenvalue weighted by atomic mass is 16.3. The lowest BCUT2D eigenvalue weighted by Gasteiger charge is -2.02. The predicted octanol–water partition coefficient (Wildman–Crippen LogP) is 11.0. The number of para-hydroxylation sites is 2. The van der Waals surface area contributed by atoms with Crippen molar-refractivity contribution in [3.8, 4) is 11.1 Å². The van der Waals surface area contributed by atoms with Gasteiger partial charge in [-0.15, -0.1) is 0 Å². The predicted molar refractivity (Wildman–Crippen MR) is 161 cm³/mol. The zero-order chi connectivity index (χ0) is 25.9. The molecule has 10 aromatic rings. The van der Waals surface area contributed by atoms with Crippen LogP contribution < -0.4 is 0 Å². The minimum atomic E-state index is 0.859. The molecule has 0 atom stereocenters. The number of rotatable bonds is 1. The molecule has 6 aromatic carbocycles. The van der Waals surface area contributed by atoms with Crippen LogP contribution in [0, 0.1) is 0 Å². The summed E-state index contributed by atoms with van der Waals surface area (Å²) in [6.45, 7) is 0. The minimum absolute atomic E-state index is 0.859. The summed E-state index contributed by atoms with van der Waals surface area (Å²) in [6.07, 6.45) is 0. The molecule has 0 aliphatic heterocycles. The standard InChI is InChI=1S/C36H18O4/c1-3-7-29-21(5-1)25-15-35-27(17-33(25)37-29)23-13-19(9-11-31(23)39-35)20-10-12-32-24(14-20)28-18-34-26(16-36(28)40-32)22-6-2-4-8-30(22)38-34/h1-18H. The van der Waals surface area contributed by atoms with Gasteiger partial charge >= 0.3 is 0 Å². The van der Waals surface area contributed by atoms with Crippen molar-refractivity contribution in [3.05, 3.63) is 109 Å². The molecule has 40 heavy (non-hydrogen) atoms. The van der Waals surface area contributed by atoms with Gasteiger partial charge < -0.3 is 17.7 Å². The Morgan fingerprint density at radius 1 is 0.250 bits per heavy atom. The van der Waals surface area contributed by atoms with Crippen LogP contribution in [0.1, 0.15) is 0 Å². The molecule has 0 saturated heterocycles. The van der Waals surface area contributed by atoms with Crippen molar-refractivity contribution >= 4 is 87.8 Å². The van der Waals surface area contributed by atoms with Crippen LogP contribution in [0.25, 0.3) is 98.9 Å². The van der Waals surface area contributed by atoms with E-state index in [1.165, 1.54) is 0 Å². The lowest BCUT2D eigenvalue weighted by atomic mass is 10.00. The van der Waals surface area contributed by atoms with Crippen LogP contribution in [0.15, 0.2) is 127 Å². The Morgan fingerprint density at radius 2 is 0.575 bits per heavy atom. The summed E-state index contributed by atoms with van der Waals surface area (Å²) < 4.78 is 24.9. The first-order valence-electron chi connectivity index (χ1n) is 13.3. The fourth-order valence-electron chi connectivity index (χ4n) is 6.35. The second-order valence-electron chi connectivity index (χ2n) is 10.5. The summed E-state index contributed by atoms with van der Waals surface area (Å²) in [5, 5.41) is 8.56. The van der Waals surface area contributed by atoms with E-state index < -0.39 is 0 Å². The number of benzene rings is 6. The molecular formula is C36H18O4. The maximum atomic E-state index is 6.28. The number of fused-ring (bicyclic) bond motifs is 12. The smallest absolute Gasteiger partial charge is 0.136 e. The molecule has 4 nitrogen and oxygen atoms in total. The largest absolute Gasteiger partial charge is 0.456 e. The molecule has 0 bridgehead atoms. The van der Waals surface area contributed by atoms with Gasteiger partial charge in [0.2, 0.25) is 0 Å². The van der Waals surface area contributed by atoms with Crippen LogP contribution >= 0.6 is 0 Å². The maximum absolute atomic E-state index is 6.28. The van der Waals surface area contributed by atoms with Gasteiger partial charge in [0.05, 0.1) is 0 Å². The summed E-state index contributed by atoms with van der Waals surface area (Å²) in [5.41, 5.74) is 9.16. The van der Waals surface area contributed by atoms with Crippen LogP contribution in [-0.2, 0) is 0 Å². The normalized spacial score (nSPS) is 12.5. The van der Waals surface area contributed by atoms with Gasteiger partial charge in [-0.05, 0) is 71.8 Å². The first-order valence-corrected chi connectivity index (χ1v) is 13.3. The Kier molecular flexibility index (Phi) is 3.65. The van der Waals surface area contributed by atoms with Crippen molar-refractivity contribution in [3.63, 3.8) is 0 Å². The van der Waals surface area contributed by atoms with Crippen LogP contribution in [-0.4, -0.2) is 0 Å². The van der Waals surface area contributed by atoms with Gasteiger partial charge in [0.15, 0.2) is 0 Å². The Bertz CT molecular complexity index is 2470. The van der Waals surface area contributed by atoms with E-state index in [-0.39, 0.29) is 0 Å². The summed E-state index contributed by atoms with van der Waals surface area (Å²) >= 11 is 0. The summed E-state index contributed by atoms with van der Waals surface area (Å²) in [7, 11) is 0. The van der Waals surface area contributed by atoms with Crippen LogP contribution in [0.3, 0.4) is 0 Å². The van der Waals surface area contributed by atoms with E-state index in [0.717, 1.165) is 98.9 Å². The Balaban J connectivity index is 1.17. The van der Waals surface area contributed by atoms with Crippen molar-refractivity contribution in [1.82, 2.24) is 0 Å². The molecule has 0 aliphatic carbocycles. The topological polar surface area (TPSA) is 52.6 Å². The Labute approximate surface area is 225 Å². The number of furan rings is 4. The first kappa shape index (κ1) is 20.5. The molecule has 4 heteroatoms. The second-order valence-corrected chi connectivity index (χ2v) is 10.5. The maximum Gasteiger partial charge on any atom is 0.136 e. The van der Waals surface area contributed by atoms with Gasteiger partial charge in [-0.2, -0.15) is 0 Å². The highest BCUT2D eigenvalue weighted by Gasteiger charge is 2.16. The number of hydrogen-bond acceptors (Lipinski definition) is 4. The quantitative estimate of drug-likeness (QED) is 0.219. The van der Waals surface area contributed by atoms with E-state index in [2.05, 4.69) is 72.8 Å². The first-order chi connectivity index (χ1) is 19.8. The minimum Gasteiger partial charge on any atom is -0.456 e. The molecule has 0 N–H and O–H groups in total. The Morgan fingerprint density at radius 3 is 1.00 bits per heavy atom. The van der Waals surface area contributed by atoms with Gasteiger partial charge in [-0.25, -0.2) is 0 Å². The van der Waals surface area contributed by atoms with Crippen LogP contribution in [0.5, 0.6) is 0 Å². The van der Waals surface area contributed by atoms with E-state index in [0.29, 0.717) is 0 Å². The Hall–Kier alpha value is -5.48. The molecule has 4 heterocycles. The lowest BCUT2D eigenvalue weighted by Crippen LogP contribution is -1.78. The van der Waals surface area contributed by atoms with Gasteiger partial charge in [0.25, 0.3) is 0 Å². The zero-order valence-electron chi connectivity index (χ0n) is 21.0. The second kappa shape index (κ2) is 7.13. The lowest BCUT2D eigenvalue weighted by molar-refractivity contribution is 0.664. The monoisotopic (exact) mass is 514 g/mol. The third-order valence-electron chi connectivity index (χ3n) is 8.27. The molecule has 10 rings (SSSR count). The van der Waals surface area contributed by atoms with Gasteiger partial charge in [-0.1, -0.05) is 48.5 Å². The van der Waals surface area contributed by atoms with Crippen LogP contribution in [0.2, 0.25) is 0 Å². The van der Waals surface area contributed by atoms with E-state index in [4.69, 9.17) is 17.7 Å². The molecular weight excluding hydrogens is 496 g/mol. The van der Waals surface area contributed by atoms with Gasteiger partial charge in [-0.3, -0.25) is 0 Å². The SMILES string of the molecule is c1ccc2c(c1)oc1cc3c(cc12)oc1ccc(-c2ccc4oc5cc6c(cc5c4c2)oc2ccccc26)cc13. The van der Waals surface area contributed by atoms with E-state index >= 15 is 0 Å². The van der Waals surface area contributed by atoms with Crippen molar-refractivity contribution in [2.24, 2.45) is 0 Å². The highest BCUT2D eigenvalue weighted by molar-refractivity contribution is 6.17. The molecule has 0 amide bonds. The van der Waals surface area contributed by atoms with Crippen molar-refractivity contribution in [2.45, 2.75) is 0 Å². The van der Waals surface area contributed by atoms with Crippen molar-refractivity contribution in [1.29, 1.82) is 0 Å². The molecule has 0 saturated carbocycles. The van der Waals surface area contributed by atoms with E-state index in [1.807, 2.05) is 36.4 Å². The molecule has 0 fully saturated rings. The molecule has 4 aromatic heterocycles. The fourth-order valence-corrected chi connectivity index (χ4v) is 6.35. The summed E-state index contributed by atoms with van der Waals surface area (Å²) in [4.78, 5) is 0. The molecule has 186 valence electrons.